The lowest BCUT2D eigenvalue weighted by molar-refractivity contribution is 0.175. The molecule has 0 aliphatic carbocycles. The lowest BCUT2D eigenvalue weighted by Gasteiger charge is -2.09. The van der Waals surface area contributed by atoms with Crippen molar-refractivity contribution in [3.8, 4) is 0 Å². The molecule has 1 unspecified atom stereocenters. The van der Waals surface area contributed by atoms with Crippen LogP contribution in [0, 0.1) is 0 Å². The first-order valence-electron chi connectivity index (χ1n) is 4.16. The lowest BCUT2D eigenvalue weighted by Crippen LogP contribution is -1.98. The second kappa shape index (κ2) is 5.53. The second-order valence-corrected chi connectivity index (χ2v) is 4.27. The quantitative estimate of drug-likeness (QED) is 0.835. The molecule has 1 N–H and O–H groups in total. The number of aliphatic hydroxyl groups excluding tert-OH is 1. The van der Waals surface area contributed by atoms with Gasteiger partial charge in [0.15, 0.2) is 0 Å². The van der Waals surface area contributed by atoms with E-state index in [1.165, 1.54) is 0 Å². The van der Waals surface area contributed by atoms with Crippen LogP contribution in [0.3, 0.4) is 0 Å². The molecule has 0 aliphatic rings. The first kappa shape index (κ1) is 10.9. The van der Waals surface area contributed by atoms with E-state index in [4.69, 9.17) is 11.6 Å². The molecule has 1 aromatic carbocycles. The number of hydrogen-bond acceptors (Lipinski definition) is 2. The van der Waals surface area contributed by atoms with Crippen LogP contribution in [-0.2, 0) is 0 Å². The van der Waals surface area contributed by atoms with E-state index in [1.807, 2.05) is 18.4 Å². The second-order valence-electron chi connectivity index (χ2n) is 2.85. The van der Waals surface area contributed by atoms with E-state index in [0.717, 1.165) is 17.7 Å². The van der Waals surface area contributed by atoms with E-state index >= 15 is 0 Å². The predicted octanol–water partition coefficient (Wildman–Crippen LogP) is 3.13. The van der Waals surface area contributed by atoms with Crippen molar-refractivity contribution in [2.45, 2.75) is 12.5 Å². The summed E-state index contributed by atoms with van der Waals surface area (Å²) in [4.78, 5) is 0. The van der Waals surface area contributed by atoms with Crippen molar-refractivity contribution in [3.63, 3.8) is 0 Å². The van der Waals surface area contributed by atoms with Crippen LogP contribution in [0.25, 0.3) is 0 Å². The highest BCUT2D eigenvalue weighted by Gasteiger charge is 2.05. The largest absolute Gasteiger partial charge is 0.388 e. The van der Waals surface area contributed by atoms with Crippen molar-refractivity contribution in [3.05, 3.63) is 34.9 Å². The molecule has 1 atom stereocenters. The fourth-order valence-corrected chi connectivity index (χ4v) is 1.67. The van der Waals surface area contributed by atoms with Crippen molar-refractivity contribution in [2.75, 3.05) is 12.0 Å². The van der Waals surface area contributed by atoms with Crippen LogP contribution in [0.1, 0.15) is 18.1 Å². The van der Waals surface area contributed by atoms with Crippen LogP contribution in [0.4, 0.5) is 0 Å². The molecule has 1 aromatic rings. The molecule has 13 heavy (non-hydrogen) atoms. The zero-order chi connectivity index (χ0) is 9.68. The zero-order valence-corrected chi connectivity index (χ0v) is 9.11. The van der Waals surface area contributed by atoms with Gasteiger partial charge < -0.3 is 5.11 Å². The standard InChI is InChI=1S/C10H13ClOS/c1-13-7-6-10(12)8-2-4-9(11)5-3-8/h2-5,10,12H,6-7H2,1H3. The topological polar surface area (TPSA) is 20.2 Å². The number of hydrogen-bond donors (Lipinski definition) is 1. The summed E-state index contributed by atoms with van der Waals surface area (Å²) in [7, 11) is 0. The monoisotopic (exact) mass is 216 g/mol. The molecule has 1 nitrogen and oxygen atoms in total. The van der Waals surface area contributed by atoms with E-state index in [-0.39, 0.29) is 6.10 Å². The first-order valence-corrected chi connectivity index (χ1v) is 5.93. The summed E-state index contributed by atoms with van der Waals surface area (Å²) in [6, 6.07) is 7.35. The Morgan fingerprint density at radius 1 is 1.38 bits per heavy atom. The van der Waals surface area contributed by atoms with Crippen LogP contribution in [0.15, 0.2) is 24.3 Å². The lowest BCUT2D eigenvalue weighted by atomic mass is 10.1. The van der Waals surface area contributed by atoms with Crippen LogP contribution >= 0.6 is 23.4 Å². The van der Waals surface area contributed by atoms with Gasteiger partial charge >= 0.3 is 0 Å². The van der Waals surface area contributed by atoms with Gasteiger partial charge in [0.1, 0.15) is 0 Å². The molecule has 0 saturated heterocycles. The van der Waals surface area contributed by atoms with Gasteiger partial charge in [0.25, 0.3) is 0 Å². The van der Waals surface area contributed by atoms with Crippen molar-refractivity contribution in [1.82, 2.24) is 0 Å². The number of rotatable bonds is 4. The highest BCUT2D eigenvalue weighted by Crippen LogP contribution is 2.20. The first-order chi connectivity index (χ1) is 6.24. The highest BCUT2D eigenvalue weighted by molar-refractivity contribution is 7.98. The summed E-state index contributed by atoms with van der Waals surface area (Å²) in [5.41, 5.74) is 0.943. The molecule has 0 saturated carbocycles. The SMILES string of the molecule is CSCCC(O)c1ccc(Cl)cc1. The zero-order valence-electron chi connectivity index (χ0n) is 7.53. The summed E-state index contributed by atoms with van der Waals surface area (Å²) in [5, 5.41) is 10.4. The van der Waals surface area contributed by atoms with Crippen molar-refractivity contribution >= 4 is 23.4 Å². The van der Waals surface area contributed by atoms with Crippen molar-refractivity contribution in [1.29, 1.82) is 0 Å². The third kappa shape index (κ3) is 3.59. The van der Waals surface area contributed by atoms with E-state index < -0.39 is 0 Å². The molecule has 0 bridgehead atoms. The maximum atomic E-state index is 9.69. The van der Waals surface area contributed by atoms with Gasteiger partial charge in [-0.2, -0.15) is 11.8 Å². The Hall–Kier alpha value is -0.180. The molecule has 0 radical (unpaired) electrons. The Bertz CT molecular complexity index is 248. The molecule has 0 fully saturated rings. The van der Waals surface area contributed by atoms with Crippen LogP contribution in [-0.4, -0.2) is 17.1 Å². The van der Waals surface area contributed by atoms with E-state index in [9.17, 15) is 5.11 Å². The maximum Gasteiger partial charge on any atom is 0.0797 e. The maximum absolute atomic E-state index is 9.69. The minimum Gasteiger partial charge on any atom is -0.388 e. The molecule has 0 heterocycles. The highest BCUT2D eigenvalue weighted by atomic mass is 35.5. The van der Waals surface area contributed by atoms with Gasteiger partial charge in [-0.3, -0.25) is 0 Å². The number of aliphatic hydroxyl groups is 1. The van der Waals surface area contributed by atoms with Crippen LogP contribution in [0.5, 0.6) is 0 Å². The molecular weight excluding hydrogens is 204 g/mol. The van der Waals surface area contributed by atoms with Crippen LogP contribution in [0.2, 0.25) is 5.02 Å². The molecule has 0 amide bonds. The Morgan fingerprint density at radius 3 is 2.54 bits per heavy atom. The van der Waals surface area contributed by atoms with Crippen LogP contribution < -0.4 is 0 Å². The Kier molecular flexibility index (Phi) is 4.64. The third-order valence-corrected chi connectivity index (χ3v) is 2.75. The smallest absolute Gasteiger partial charge is 0.0797 e. The predicted molar refractivity (Wildman–Crippen MR) is 59.4 cm³/mol. The average molecular weight is 217 g/mol. The molecule has 1 rings (SSSR count). The summed E-state index contributed by atoms with van der Waals surface area (Å²) in [6.07, 6.45) is 2.47. The average Bonchev–Trinajstić information content (AvgIpc) is 2.15. The molecule has 3 heteroatoms. The summed E-state index contributed by atoms with van der Waals surface area (Å²) in [6.45, 7) is 0. The Labute approximate surface area is 88.1 Å². The van der Waals surface area contributed by atoms with Gasteiger partial charge in [0.2, 0.25) is 0 Å². The molecule has 0 aliphatic heterocycles. The molecule has 0 spiro atoms. The van der Waals surface area contributed by atoms with Crippen molar-refractivity contribution < 1.29 is 5.11 Å². The number of thioether (sulfide) groups is 1. The Balaban J connectivity index is 2.55. The number of halogens is 1. The van der Waals surface area contributed by atoms with E-state index in [0.29, 0.717) is 5.02 Å². The van der Waals surface area contributed by atoms with Gasteiger partial charge in [-0.1, -0.05) is 23.7 Å². The van der Waals surface area contributed by atoms with E-state index in [2.05, 4.69) is 0 Å². The number of benzene rings is 1. The van der Waals surface area contributed by atoms with Gasteiger partial charge in [0.05, 0.1) is 6.10 Å². The fourth-order valence-electron chi connectivity index (χ4n) is 1.08. The summed E-state index contributed by atoms with van der Waals surface area (Å²) in [5.74, 6) is 0.976. The summed E-state index contributed by atoms with van der Waals surface area (Å²) >= 11 is 7.48. The molecule has 0 aromatic heterocycles. The van der Waals surface area contributed by atoms with Gasteiger partial charge in [-0.25, -0.2) is 0 Å². The molecular formula is C10H13ClOS. The minimum absolute atomic E-state index is 0.357. The van der Waals surface area contributed by atoms with Gasteiger partial charge in [0, 0.05) is 5.02 Å². The van der Waals surface area contributed by atoms with Gasteiger partial charge in [-0.05, 0) is 36.1 Å². The minimum atomic E-state index is -0.357. The normalized spacial score (nSPS) is 12.8. The van der Waals surface area contributed by atoms with Crippen molar-refractivity contribution in [2.24, 2.45) is 0 Å². The Morgan fingerprint density at radius 2 is 2.00 bits per heavy atom. The van der Waals surface area contributed by atoms with Gasteiger partial charge in [-0.15, -0.1) is 0 Å². The molecule has 72 valence electrons. The summed E-state index contributed by atoms with van der Waals surface area (Å²) < 4.78 is 0. The van der Waals surface area contributed by atoms with E-state index in [1.54, 1.807) is 23.9 Å². The third-order valence-electron chi connectivity index (χ3n) is 1.85. The fraction of sp³-hybridized carbons (Fsp3) is 0.400.